The second-order valence-corrected chi connectivity index (χ2v) is 8.04. The summed E-state index contributed by atoms with van der Waals surface area (Å²) in [5, 5.41) is 9.50. The number of hydrogen-bond donors (Lipinski definition) is 1. The maximum atomic E-state index is 14.1. The van der Waals surface area contributed by atoms with Crippen molar-refractivity contribution in [3.05, 3.63) is 77.5 Å². The first kappa shape index (κ1) is 23.5. The summed E-state index contributed by atoms with van der Waals surface area (Å²) in [5.74, 6) is -2.12. The van der Waals surface area contributed by atoms with Crippen LogP contribution in [0.2, 0.25) is 0 Å². The van der Waals surface area contributed by atoms with Gasteiger partial charge < -0.3 is 19.6 Å². The highest BCUT2D eigenvalue weighted by Crippen LogP contribution is 2.39. The molecule has 1 heterocycles. The van der Waals surface area contributed by atoms with Gasteiger partial charge in [0.15, 0.2) is 11.6 Å². The minimum atomic E-state index is -0.997. The summed E-state index contributed by atoms with van der Waals surface area (Å²) in [7, 11) is 4.00. The zero-order valence-corrected chi connectivity index (χ0v) is 18.4. The molecule has 0 saturated carbocycles. The molecule has 7 heteroatoms. The summed E-state index contributed by atoms with van der Waals surface area (Å²) < 4.78 is 33.5. The summed E-state index contributed by atoms with van der Waals surface area (Å²) >= 11 is 0. The van der Waals surface area contributed by atoms with E-state index < -0.39 is 17.6 Å². The molecule has 0 spiro atoms. The van der Waals surface area contributed by atoms with E-state index in [-0.39, 0.29) is 18.5 Å². The lowest BCUT2D eigenvalue weighted by Crippen LogP contribution is -2.32. The third-order valence-corrected chi connectivity index (χ3v) is 5.29. The molecule has 2 aromatic carbocycles. The number of nitrogens with zero attached hydrogens (tertiary/aromatic N) is 2. The molecule has 0 aromatic heterocycles. The van der Waals surface area contributed by atoms with Gasteiger partial charge in [0, 0.05) is 23.9 Å². The van der Waals surface area contributed by atoms with Crippen molar-refractivity contribution in [3.8, 4) is 5.75 Å². The molecular formula is C25H28F2N2O3. The lowest BCUT2D eigenvalue weighted by molar-refractivity contribution is -0.135. The highest BCUT2D eigenvalue weighted by atomic mass is 19.2. The van der Waals surface area contributed by atoms with Crippen LogP contribution in [-0.4, -0.2) is 49.8 Å². The van der Waals surface area contributed by atoms with Gasteiger partial charge in [0.05, 0.1) is 12.3 Å². The van der Waals surface area contributed by atoms with Crippen LogP contribution in [0.15, 0.2) is 54.8 Å². The summed E-state index contributed by atoms with van der Waals surface area (Å²) in [6, 6.07) is 9.60. The molecule has 1 aliphatic heterocycles. The van der Waals surface area contributed by atoms with Gasteiger partial charge in [0.25, 0.3) is 0 Å². The predicted octanol–water partition coefficient (Wildman–Crippen LogP) is 4.73. The van der Waals surface area contributed by atoms with E-state index in [1.807, 2.05) is 32.3 Å². The Hall–Kier alpha value is -3.19. The molecule has 0 amide bonds. The van der Waals surface area contributed by atoms with Gasteiger partial charge in [-0.2, -0.15) is 0 Å². The van der Waals surface area contributed by atoms with Gasteiger partial charge >= 0.3 is 5.97 Å². The largest absolute Gasteiger partial charge is 0.493 e. The van der Waals surface area contributed by atoms with Crippen LogP contribution in [0, 0.1) is 11.6 Å². The molecule has 1 N–H and O–H groups in total. The Morgan fingerprint density at radius 2 is 1.97 bits per heavy atom. The van der Waals surface area contributed by atoms with Crippen LogP contribution < -0.4 is 9.64 Å². The zero-order valence-electron chi connectivity index (χ0n) is 18.4. The second kappa shape index (κ2) is 10.4. The number of carboxylic acid groups (broad SMARTS) is 1. The topological polar surface area (TPSA) is 53.0 Å². The molecule has 0 aliphatic carbocycles. The second-order valence-electron chi connectivity index (χ2n) is 8.04. The monoisotopic (exact) mass is 442 g/mol. The Balaban J connectivity index is 1.82. The fourth-order valence-corrected chi connectivity index (χ4v) is 3.71. The first-order chi connectivity index (χ1) is 15.3. The normalized spacial score (nSPS) is 13.2. The molecular weight excluding hydrogens is 414 g/mol. The molecule has 0 unspecified atom stereocenters. The van der Waals surface area contributed by atoms with E-state index in [4.69, 9.17) is 4.74 Å². The lowest BCUT2D eigenvalue weighted by Gasteiger charge is -2.33. The predicted molar refractivity (Wildman–Crippen MR) is 122 cm³/mol. The number of aliphatic carboxylic acids is 1. The number of carbonyl (C=O) groups is 1. The van der Waals surface area contributed by atoms with E-state index >= 15 is 0 Å². The first-order valence-corrected chi connectivity index (χ1v) is 10.5. The Morgan fingerprint density at radius 3 is 2.69 bits per heavy atom. The van der Waals surface area contributed by atoms with Crippen molar-refractivity contribution in [2.75, 3.05) is 38.7 Å². The van der Waals surface area contributed by atoms with Gasteiger partial charge in [-0.3, -0.25) is 4.79 Å². The average molecular weight is 443 g/mol. The van der Waals surface area contributed by atoms with E-state index in [0.717, 1.165) is 30.2 Å². The number of ether oxygens (including phenoxy) is 1. The Kier molecular flexibility index (Phi) is 7.64. The number of benzene rings is 2. The van der Waals surface area contributed by atoms with Crippen LogP contribution in [-0.2, 0) is 11.2 Å². The van der Waals surface area contributed by atoms with Crippen molar-refractivity contribution < 1.29 is 23.4 Å². The molecule has 0 bridgehead atoms. The Bertz CT molecular complexity index is 1030. The van der Waals surface area contributed by atoms with Gasteiger partial charge in [-0.1, -0.05) is 18.7 Å². The molecule has 0 radical (unpaired) electrons. The highest BCUT2D eigenvalue weighted by molar-refractivity contribution is 5.89. The van der Waals surface area contributed by atoms with E-state index in [0.29, 0.717) is 30.2 Å². The van der Waals surface area contributed by atoms with Crippen molar-refractivity contribution in [1.82, 2.24) is 4.90 Å². The van der Waals surface area contributed by atoms with Crippen molar-refractivity contribution in [2.24, 2.45) is 0 Å². The maximum Gasteiger partial charge on any atom is 0.323 e. The van der Waals surface area contributed by atoms with Gasteiger partial charge in [-0.15, -0.1) is 0 Å². The number of carboxylic acids is 1. The summed E-state index contributed by atoms with van der Waals surface area (Å²) in [6.07, 6.45) is 3.23. The lowest BCUT2D eigenvalue weighted by atomic mass is 9.95. The number of allylic oxidation sites excluding steroid dienone is 3. The van der Waals surface area contributed by atoms with E-state index in [9.17, 15) is 18.7 Å². The maximum absolute atomic E-state index is 14.1. The molecule has 1 aliphatic rings. The molecule has 5 nitrogen and oxygen atoms in total. The van der Waals surface area contributed by atoms with E-state index in [1.54, 1.807) is 11.0 Å². The summed E-state index contributed by atoms with van der Waals surface area (Å²) in [4.78, 5) is 15.4. The molecule has 2 aromatic rings. The molecule has 0 fully saturated rings. The van der Waals surface area contributed by atoms with Crippen LogP contribution in [0.5, 0.6) is 5.75 Å². The van der Waals surface area contributed by atoms with Crippen molar-refractivity contribution in [3.63, 3.8) is 0 Å². The van der Waals surface area contributed by atoms with Gasteiger partial charge in [0.1, 0.15) is 12.3 Å². The van der Waals surface area contributed by atoms with Crippen LogP contribution in [0.4, 0.5) is 14.5 Å². The summed E-state index contributed by atoms with van der Waals surface area (Å²) in [6.45, 7) is 5.28. The number of halogens is 2. The van der Waals surface area contributed by atoms with Crippen molar-refractivity contribution >= 4 is 17.2 Å². The van der Waals surface area contributed by atoms with Crippen LogP contribution in [0.25, 0.3) is 5.57 Å². The molecule has 0 atom stereocenters. The number of hydrogen-bond acceptors (Lipinski definition) is 4. The summed E-state index contributed by atoms with van der Waals surface area (Å²) in [5.41, 5.74) is 3.15. The van der Waals surface area contributed by atoms with E-state index in [1.165, 1.54) is 12.1 Å². The third kappa shape index (κ3) is 5.73. The molecule has 3 rings (SSSR count). The number of rotatable bonds is 10. The highest BCUT2D eigenvalue weighted by Gasteiger charge is 2.25. The average Bonchev–Trinajstić information content (AvgIpc) is 2.74. The fraction of sp³-hybridized carbons (Fsp3) is 0.320. The number of fused-ring (bicyclic) bond motifs is 1. The minimum Gasteiger partial charge on any atom is -0.493 e. The molecule has 170 valence electrons. The minimum absolute atomic E-state index is 0.231. The van der Waals surface area contributed by atoms with Crippen LogP contribution >= 0.6 is 0 Å². The smallest absolute Gasteiger partial charge is 0.323 e. The number of anilines is 1. The molecule has 32 heavy (non-hydrogen) atoms. The Morgan fingerprint density at radius 1 is 1.19 bits per heavy atom. The fourth-order valence-electron chi connectivity index (χ4n) is 3.71. The van der Waals surface area contributed by atoms with Crippen LogP contribution in [0.3, 0.4) is 0 Å². The third-order valence-electron chi connectivity index (χ3n) is 5.29. The zero-order chi connectivity index (χ0) is 23.3. The van der Waals surface area contributed by atoms with Crippen molar-refractivity contribution in [1.29, 1.82) is 0 Å². The van der Waals surface area contributed by atoms with Crippen molar-refractivity contribution in [2.45, 2.75) is 19.3 Å². The Labute approximate surface area is 187 Å². The van der Waals surface area contributed by atoms with E-state index in [2.05, 4.69) is 11.5 Å². The number of aryl methyl sites for hydroxylation is 1. The van der Waals surface area contributed by atoms with Gasteiger partial charge in [0.2, 0.25) is 0 Å². The van der Waals surface area contributed by atoms with Crippen LogP contribution in [0.1, 0.15) is 24.0 Å². The standard InChI is InChI=1S/C25H28F2N2O3/c1-17-14-19(9-8-18-6-4-7-22(26)25(18)27)29(16-24(30)31)23-15-20(10-11-21(17)23)32-13-5-12-28(2)3/h4,6-7,10-11,14-15H,1,5,8-9,12-13,16H2,2-3H3,(H,30,31). The quantitative estimate of drug-likeness (QED) is 0.539. The van der Waals surface area contributed by atoms with Gasteiger partial charge in [-0.05, 0) is 68.8 Å². The first-order valence-electron chi connectivity index (χ1n) is 10.5. The SMILES string of the molecule is C=C1C=C(CCc2cccc(F)c2F)N(CC(=O)O)c2cc(OCCCN(C)C)ccc21. The van der Waals surface area contributed by atoms with Gasteiger partial charge in [-0.25, -0.2) is 8.78 Å². The molecule has 0 saturated heterocycles.